The smallest absolute Gasteiger partial charge is 0.319 e. The zero-order valence-corrected chi connectivity index (χ0v) is 17.8. The number of amides is 2. The Kier molecular flexibility index (Phi) is 4.99. The van der Waals surface area contributed by atoms with Crippen LogP contribution in [0.3, 0.4) is 0 Å². The average molecular weight is 439 g/mol. The minimum absolute atomic E-state index is 0.0111. The number of rotatable bonds is 3. The summed E-state index contributed by atoms with van der Waals surface area (Å²) in [7, 11) is 3.48. The molecule has 4 aromatic rings. The molecular formula is C22H23F2N7O. The van der Waals surface area contributed by atoms with Crippen molar-refractivity contribution in [3.63, 3.8) is 0 Å². The predicted molar refractivity (Wildman–Crippen MR) is 116 cm³/mol. The van der Waals surface area contributed by atoms with Gasteiger partial charge in [-0.2, -0.15) is 0 Å². The fourth-order valence-electron chi connectivity index (χ4n) is 4.41. The lowest BCUT2D eigenvalue weighted by atomic mass is 9.98. The highest BCUT2D eigenvalue weighted by Crippen LogP contribution is 2.29. The largest absolute Gasteiger partial charge is 0.345 e. The summed E-state index contributed by atoms with van der Waals surface area (Å²) in [6.45, 7) is 1.88. The Balaban J connectivity index is 1.48. The molecule has 166 valence electrons. The summed E-state index contributed by atoms with van der Waals surface area (Å²) in [4.78, 5) is 31.7. The second kappa shape index (κ2) is 7.85. The summed E-state index contributed by atoms with van der Waals surface area (Å²) in [6.07, 6.45) is 7.56. The molecule has 1 atom stereocenters. The van der Waals surface area contributed by atoms with E-state index in [1.807, 2.05) is 4.90 Å². The number of aromatic amines is 1. The van der Waals surface area contributed by atoms with Crippen molar-refractivity contribution >= 4 is 28.1 Å². The van der Waals surface area contributed by atoms with E-state index in [1.165, 1.54) is 18.5 Å². The zero-order chi connectivity index (χ0) is 22.4. The van der Waals surface area contributed by atoms with Gasteiger partial charge in [0.05, 0.1) is 11.6 Å². The van der Waals surface area contributed by atoms with Crippen LogP contribution in [0.4, 0.5) is 13.6 Å². The Bertz CT molecular complexity index is 1310. The average Bonchev–Trinajstić information content (AvgIpc) is 3.33. The fraction of sp³-hybridized carbons (Fsp3) is 0.364. The number of nitrogens with zero attached hydrogens (tertiary/aromatic N) is 6. The molecule has 32 heavy (non-hydrogen) atoms. The lowest BCUT2D eigenvalue weighted by Crippen LogP contribution is -2.45. The molecule has 4 aromatic heterocycles. The highest BCUT2D eigenvalue weighted by molar-refractivity contribution is 5.92. The molecule has 5 heterocycles. The second-order valence-corrected chi connectivity index (χ2v) is 8.44. The van der Waals surface area contributed by atoms with Crippen molar-refractivity contribution < 1.29 is 13.6 Å². The molecule has 0 radical (unpaired) electrons. The van der Waals surface area contributed by atoms with Crippen molar-refractivity contribution in [2.75, 3.05) is 27.2 Å². The number of carbonyl (C=O) groups excluding carboxylic acids is 1. The maximum Gasteiger partial charge on any atom is 0.319 e. The number of hydrogen-bond donors (Lipinski definition) is 1. The topological polar surface area (TPSA) is 82.9 Å². The van der Waals surface area contributed by atoms with E-state index in [-0.39, 0.29) is 11.9 Å². The van der Waals surface area contributed by atoms with E-state index >= 15 is 0 Å². The normalized spacial score (nSPS) is 16.8. The Labute approximate surface area is 182 Å². The summed E-state index contributed by atoms with van der Waals surface area (Å²) in [5.41, 5.74) is 1.60. The van der Waals surface area contributed by atoms with Gasteiger partial charge in [0.1, 0.15) is 17.1 Å². The second-order valence-electron chi connectivity index (χ2n) is 8.44. The number of aromatic nitrogens is 5. The third kappa shape index (κ3) is 3.55. The van der Waals surface area contributed by atoms with E-state index in [0.29, 0.717) is 46.5 Å². The SMILES string of the molecule is CN(C)C(=O)N1CCCC(Cn2cc(F)c3cnc(-c4c[nH]c5ncc(F)cc45)nc32)C1. The number of H-pyrrole nitrogens is 1. The van der Waals surface area contributed by atoms with Crippen LogP contribution in [0.25, 0.3) is 33.5 Å². The standard InChI is InChI=1S/C22H23F2N7O/c1-29(2)22(32)30-5-3-4-13(10-30)11-31-12-18(24)17-9-27-20(28-21(17)31)16-8-26-19-15(16)6-14(23)7-25-19/h6-9,12-13H,3-5,10-11H2,1-2H3,(H,25,26). The zero-order valence-electron chi connectivity index (χ0n) is 17.8. The molecule has 1 aliphatic rings. The van der Waals surface area contributed by atoms with Gasteiger partial charge in [-0.15, -0.1) is 0 Å². The number of hydrogen-bond acceptors (Lipinski definition) is 4. The van der Waals surface area contributed by atoms with E-state index in [4.69, 9.17) is 0 Å². The van der Waals surface area contributed by atoms with Crippen LogP contribution >= 0.6 is 0 Å². The number of halogens is 2. The van der Waals surface area contributed by atoms with Crippen LogP contribution in [-0.2, 0) is 6.54 Å². The summed E-state index contributed by atoms with van der Waals surface area (Å²) >= 11 is 0. The quantitative estimate of drug-likeness (QED) is 0.528. The van der Waals surface area contributed by atoms with E-state index in [0.717, 1.165) is 25.6 Å². The van der Waals surface area contributed by atoms with Gasteiger partial charge in [0, 0.05) is 63.3 Å². The van der Waals surface area contributed by atoms with E-state index in [9.17, 15) is 13.6 Å². The molecular weight excluding hydrogens is 416 g/mol. The highest BCUT2D eigenvalue weighted by atomic mass is 19.1. The molecule has 10 heteroatoms. The molecule has 0 spiro atoms. The summed E-state index contributed by atoms with van der Waals surface area (Å²) < 4.78 is 30.1. The van der Waals surface area contributed by atoms with E-state index in [1.54, 1.807) is 29.8 Å². The monoisotopic (exact) mass is 439 g/mol. The Morgan fingerprint density at radius 2 is 2.09 bits per heavy atom. The van der Waals surface area contributed by atoms with Gasteiger partial charge in [-0.05, 0) is 24.8 Å². The van der Waals surface area contributed by atoms with E-state index in [2.05, 4.69) is 19.9 Å². The molecule has 2 amide bonds. The van der Waals surface area contributed by atoms with Gasteiger partial charge in [-0.3, -0.25) is 0 Å². The molecule has 0 aromatic carbocycles. The first-order valence-electron chi connectivity index (χ1n) is 10.5. The minimum atomic E-state index is -0.456. The van der Waals surface area contributed by atoms with Crippen LogP contribution in [0.5, 0.6) is 0 Å². The van der Waals surface area contributed by atoms with Crippen molar-refractivity contribution in [2.24, 2.45) is 5.92 Å². The lowest BCUT2D eigenvalue weighted by Gasteiger charge is -2.34. The first kappa shape index (κ1) is 20.3. The van der Waals surface area contributed by atoms with Gasteiger partial charge in [-0.1, -0.05) is 0 Å². The van der Waals surface area contributed by atoms with Crippen molar-refractivity contribution in [1.82, 2.24) is 34.3 Å². The summed E-state index contributed by atoms with van der Waals surface area (Å²) in [5.74, 6) is -0.297. The highest BCUT2D eigenvalue weighted by Gasteiger charge is 2.26. The molecule has 1 N–H and O–H groups in total. The van der Waals surface area contributed by atoms with Crippen molar-refractivity contribution in [1.29, 1.82) is 0 Å². The predicted octanol–water partition coefficient (Wildman–Crippen LogP) is 3.65. The molecule has 8 nitrogen and oxygen atoms in total. The first-order chi connectivity index (χ1) is 15.4. The first-order valence-corrected chi connectivity index (χ1v) is 10.5. The minimum Gasteiger partial charge on any atom is -0.345 e. The number of fused-ring (bicyclic) bond motifs is 2. The maximum atomic E-state index is 14.6. The molecule has 5 rings (SSSR count). The van der Waals surface area contributed by atoms with E-state index < -0.39 is 11.6 Å². The fourth-order valence-corrected chi connectivity index (χ4v) is 4.41. The number of pyridine rings is 1. The maximum absolute atomic E-state index is 14.6. The van der Waals surface area contributed by atoms with Crippen LogP contribution in [0.2, 0.25) is 0 Å². The van der Waals surface area contributed by atoms with Gasteiger partial charge in [-0.25, -0.2) is 28.5 Å². The summed E-state index contributed by atoms with van der Waals surface area (Å²) in [6, 6.07) is 1.36. The molecule has 1 fully saturated rings. The van der Waals surface area contributed by atoms with Gasteiger partial charge in [0.2, 0.25) is 0 Å². The number of nitrogens with one attached hydrogen (secondary N) is 1. The molecule has 1 aliphatic heterocycles. The Hall–Kier alpha value is -3.56. The van der Waals surface area contributed by atoms with Crippen molar-refractivity contribution in [3.05, 3.63) is 42.5 Å². The molecule has 1 saturated heterocycles. The van der Waals surface area contributed by atoms with Crippen LogP contribution in [0.1, 0.15) is 12.8 Å². The number of likely N-dealkylation sites (tertiary alicyclic amines) is 1. The Morgan fingerprint density at radius 1 is 1.25 bits per heavy atom. The molecule has 0 bridgehead atoms. The van der Waals surface area contributed by atoms with Crippen LogP contribution in [0, 0.1) is 17.6 Å². The number of urea groups is 1. The van der Waals surface area contributed by atoms with Gasteiger partial charge < -0.3 is 19.4 Å². The number of piperidine rings is 1. The van der Waals surface area contributed by atoms with Crippen LogP contribution in [-0.4, -0.2) is 67.5 Å². The third-order valence-corrected chi connectivity index (χ3v) is 5.93. The summed E-state index contributed by atoms with van der Waals surface area (Å²) in [5, 5.41) is 0.892. The molecule has 0 saturated carbocycles. The van der Waals surface area contributed by atoms with Gasteiger partial charge in [0.15, 0.2) is 11.6 Å². The van der Waals surface area contributed by atoms with Gasteiger partial charge >= 0.3 is 6.03 Å². The number of carbonyl (C=O) groups is 1. The van der Waals surface area contributed by atoms with Crippen LogP contribution in [0.15, 0.2) is 30.9 Å². The lowest BCUT2D eigenvalue weighted by molar-refractivity contribution is 0.138. The van der Waals surface area contributed by atoms with Crippen LogP contribution < -0.4 is 0 Å². The molecule has 0 aliphatic carbocycles. The Morgan fingerprint density at radius 3 is 2.91 bits per heavy atom. The van der Waals surface area contributed by atoms with Gasteiger partial charge in [0.25, 0.3) is 0 Å². The third-order valence-electron chi connectivity index (χ3n) is 5.93. The molecule has 1 unspecified atom stereocenters. The van der Waals surface area contributed by atoms with Crippen molar-refractivity contribution in [2.45, 2.75) is 19.4 Å². The van der Waals surface area contributed by atoms with Crippen molar-refractivity contribution in [3.8, 4) is 11.4 Å².